The molecule has 5 nitrogen and oxygen atoms in total. The number of hydrogen-bond acceptors (Lipinski definition) is 5. The van der Waals surface area contributed by atoms with Crippen molar-refractivity contribution < 1.29 is 23.7 Å². The van der Waals surface area contributed by atoms with Gasteiger partial charge in [-0.15, -0.1) is 0 Å². The van der Waals surface area contributed by atoms with Crippen molar-refractivity contribution in [2.24, 2.45) is 0 Å². The van der Waals surface area contributed by atoms with E-state index in [1.165, 1.54) is 0 Å². The van der Waals surface area contributed by atoms with E-state index in [1.807, 2.05) is 0 Å². The highest BCUT2D eigenvalue weighted by molar-refractivity contribution is 6.80. The van der Waals surface area contributed by atoms with Crippen LogP contribution < -0.4 is 0 Å². The van der Waals surface area contributed by atoms with E-state index in [4.69, 9.17) is 23.7 Å². The lowest BCUT2D eigenvalue weighted by Crippen LogP contribution is -2.52. The van der Waals surface area contributed by atoms with Crippen molar-refractivity contribution in [2.45, 2.75) is 36.4 Å². The molecule has 0 heterocycles. The molecule has 1 aliphatic carbocycles. The van der Waals surface area contributed by atoms with Crippen molar-refractivity contribution in [3.8, 4) is 0 Å². The molecule has 0 aromatic heterocycles. The minimum Gasteiger partial charge on any atom is -0.370 e. The maximum Gasteiger partial charge on any atom is 0.258 e. The van der Waals surface area contributed by atoms with Gasteiger partial charge in [-0.2, -0.15) is 0 Å². The van der Waals surface area contributed by atoms with Crippen molar-refractivity contribution in [3.05, 3.63) is 0 Å². The van der Waals surface area contributed by atoms with Crippen molar-refractivity contribution in [3.63, 3.8) is 0 Å². The molecule has 0 radical (unpaired) electrons. The lowest BCUT2D eigenvalue weighted by Gasteiger charge is -2.31. The fraction of sp³-hybridized carbons (Fsp3) is 1.00. The summed E-state index contributed by atoms with van der Waals surface area (Å²) in [6, 6.07) is 0. The van der Waals surface area contributed by atoms with Gasteiger partial charge in [0.05, 0.1) is 8.07 Å². The summed E-state index contributed by atoms with van der Waals surface area (Å²) < 4.78 is 28.0. The van der Waals surface area contributed by atoms with E-state index < -0.39 is 24.9 Å². The van der Waals surface area contributed by atoms with E-state index in [-0.39, 0.29) is 0 Å². The molecule has 1 saturated carbocycles. The third-order valence-corrected chi connectivity index (χ3v) is 6.78. The molecule has 102 valence electrons. The summed E-state index contributed by atoms with van der Waals surface area (Å²) in [6.07, 6.45) is 0. The first kappa shape index (κ1) is 15.1. The van der Waals surface area contributed by atoms with E-state index in [2.05, 4.69) is 19.6 Å². The fourth-order valence-corrected chi connectivity index (χ4v) is 6.53. The second-order valence-corrected chi connectivity index (χ2v) is 10.4. The third-order valence-electron chi connectivity index (χ3n) is 3.81. The number of rotatable bonds is 6. The SMILES string of the molecule is COC1(OC)C(OC)(OC)C1(OC)[Si](C)(C)C. The van der Waals surface area contributed by atoms with Gasteiger partial charge in [0.15, 0.2) is 5.22 Å². The van der Waals surface area contributed by atoms with Crippen molar-refractivity contribution in [2.75, 3.05) is 35.5 Å². The van der Waals surface area contributed by atoms with Gasteiger partial charge in [-0.1, -0.05) is 19.6 Å². The van der Waals surface area contributed by atoms with Crippen molar-refractivity contribution >= 4 is 8.07 Å². The van der Waals surface area contributed by atoms with E-state index in [0.717, 1.165) is 0 Å². The van der Waals surface area contributed by atoms with E-state index in [9.17, 15) is 0 Å². The van der Waals surface area contributed by atoms with Gasteiger partial charge in [-0.3, -0.25) is 0 Å². The number of methoxy groups -OCH3 is 5. The Hall–Kier alpha value is 0.0169. The highest BCUT2D eigenvalue weighted by Crippen LogP contribution is 2.68. The smallest absolute Gasteiger partial charge is 0.258 e. The largest absolute Gasteiger partial charge is 0.370 e. The second kappa shape index (κ2) is 4.29. The van der Waals surface area contributed by atoms with E-state index in [1.54, 1.807) is 35.5 Å². The maximum atomic E-state index is 5.77. The Bertz CT molecular complexity index is 260. The van der Waals surface area contributed by atoms with Gasteiger partial charge in [0.1, 0.15) is 0 Å². The third kappa shape index (κ3) is 1.31. The molecule has 0 aromatic rings. The Labute approximate surface area is 104 Å². The molecule has 1 fully saturated rings. The molecule has 0 saturated heterocycles. The van der Waals surface area contributed by atoms with Crippen LogP contribution in [0.15, 0.2) is 0 Å². The van der Waals surface area contributed by atoms with Gasteiger partial charge < -0.3 is 23.7 Å². The summed E-state index contributed by atoms with van der Waals surface area (Å²) >= 11 is 0. The molecule has 0 atom stereocenters. The molecule has 1 aliphatic rings. The predicted molar refractivity (Wildman–Crippen MR) is 66.6 cm³/mol. The Morgan fingerprint density at radius 3 is 0.941 bits per heavy atom. The second-order valence-electron chi connectivity index (χ2n) is 5.18. The van der Waals surface area contributed by atoms with Crippen molar-refractivity contribution in [1.82, 2.24) is 0 Å². The summed E-state index contributed by atoms with van der Waals surface area (Å²) in [6.45, 7) is 6.51. The van der Waals surface area contributed by atoms with Crippen LogP contribution in [0.5, 0.6) is 0 Å². The van der Waals surface area contributed by atoms with Crippen LogP contribution in [0.1, 0.15) is 0 Å². The molecule has 0 N–H and O–H groups in total. The fourth-order valence-electron chi connectivity index (χ4n) is 3.27. The maximum absolute atomic E-state index is 5.77. The van der Waals surface area contributed by atoms with Crippen LogP contribution >= 0.6 is 0 Å². The first-order chi connectivity index (χ1) is 7.80. The molecular weight excluding hydrogens is 240 g/mol. The predicted octanol–water partition coefficient (Wildman–Crippen LogP) is 1.24. The van der Waals surface area contributed by atoms with Gasteiger partial charge in [-0.25, -0.2) is 0 Å². The van der Waals surface area contributed by atoms with Crippen LogP contribution in [0, 0.1) is 0 Å². The lowest BCUT2D eigenvalue weighted by atomic mass is 10.6. The standard InChI is InChI=1S/C11H24O5Si/c1-12-9(13-2)10(14-3,15-4)11(9,16-5)17(6,7)8/h1-8H3. The summed E-state index contributed by atoms with van der Waals surface area (Å²) in [5, 5.41) is -0.694. The highest BCUT2D eigenvalue weighted by Gasteiger charge is 2.97. The molecule has 0 aromatic carbocycles. The van der Waals surface area contributed by atoms with Gasteiger partial charge in [0.2, 0.25) is 0 Å². The van der Waals surface area contributed by atoms with Crippen LogP contribution in [-0.4, -0.2) is 60.4 Å². The average Bonchev–Trinajstić information content (AvgIpc) is 2.86. The Morgan fingerprint density at radius 2 is 0.882 bits per heavy atom. The zero-order chi connectivity index (χ0) is 13.5. The minimum absolute atomic E-state index is 0.694. The van der Waals surface area contributed by atoms with Gasteiger partial charge in [-0.05, 0) is 0 Å². The normalized spacial score (nSPS) is 24.7. The molecule has 17 heavy (non-hydrogen) atoms. The van der Waals surface area contributed by atoms with Crippen LogP contribution in [0.4, 0.5) is 0 Å². The van der Waals surface area contributed by atoms with Crippen LogP contribution in [0.25, 0.3) is 0 Å². The van der Waals surface area contributed by atoms with Gasteiger partial charge in [0, 0.05) is 35.5 Å². The summed E-state index contributed by atoms with van der Waals surface area (Å²) in [4.78, 5) is 0. The van der Waals surface area contributed by atoms with Gasteiger partial charge >= 0.3 is 0 Å². The first-order valence-electron chi connectivity index (χ1n) is 5.56. The number of ether oxygens (including phenoxy) is 5. The lowest BCUT2D eigenvalue weighted by molar-refractivity contribution is -0.254. The van der Waals surface area contributed by atoms with Crippen LogP contribution in [-0.2, 0) is 23.7 Å². The average molecular weight is 264 g/mol. The molecular formula is C11H24O5Si. The minimum atomic E-state index is -1.85. The molecule has 0 amide bonds. The molecule has 1 rings (SSSR count). The molecule has 0 unspecified atom stereocenters. The zero-order valence-electron chi connectivity index (χ0n) is 12.0. The van der Waals surface area contributed by atoms with Crippen LogP contribution in [0.2, 0.25) is 19.6 Å². The Kier molecular flexibility index (Phi) is 3.80. The highest BCUT2D eigenvalue weighted by atomic mass is 28.3. The molecule has 0 spiro atoms. The zero-order valence-corrected chi connectivity index (χ0v) is 13.0. The molecule has 6 heteroatoms. The van der Waals surface area contributed by atoms with Crippen LogP contribution in [0.3, 0.4) is 0 Å². The van der Waals surface area contributed by atoms with Crippen molar-refractivity contribution in [1.29, 1.82) is 0 Å². The Morgan fingerprint density at radius 1 is 0.588 bits per heavy atom. The topological polar surface area (TPSA) is 46.2 Å². The summed E-state index contributed by atoms with van der Waals surface area (Å²) in [5.74, 6) is -2.02. The first-order valence-corrected chi connectivity index (χ1v) is 9.06. The monoisotopic (exact) mass is 264 g/mol. The van der Waals surface area contributed by atoms with Gasteiger partial charge in [0.25, 0.3) is 11.6 Å². The number of hydrogen-bond donors (Lipinski definition) is 0. The summed E-state index contributed by atoms with van der Waals surface area (Å²) in [7, 11) is 6.12. The van der Waals surface area contributed by atoms with E-state index >= 15 is 0 Å². The summed E-state index contributed by atoms with van der Waals surface area (Å²) in [5.41, 5.74) is 0. The molecule has 0 aliphatic heterocycles. The Balaban J connectivity index is 3.40. The molecule has 0 bridgehead atoms. The van der Waals surface area contributed by atoms with E-state index in [0.29, 0.717) is 0 Å². The quantitative estimate of drug-likeness (QED) is 0.533.